The number of halogens is 1. The maximum Gasteiger partial charge on any atom is 0.0332 e. The summed E-state index contributed by atoms with van der Waals surface area (Å²) in [7, 11) is 0. The van der Waals surface area contributed by atoms with E-state index in [2.05, 4.69) is 94.8 Å². The fourth-order valence-electron chi connectivity index (χ4n) is 3.89. The van der Waals surface area contributed by atoms with Gasteiger partial charge in [-0.2, -0.15) is 0 Å². The molecule has 0 aliphatic heterocycles. The van der Waals surface area contributed by atoms with Gasteiger partial charge in [-0.15, -0.1) is 0 Å². The molecule has 0 atom stereocenters. The summed E-state index contributed by atoms with van der Waals surface area (Å²) in [6.07, 6.45) is 3.40. The van der Waals surface area contributed by atoms with Crippen LogP contribution in [0.25, 0.3) is 27.1 Å². The van der Waals surface area contributed by atoms with Crippen LogP contribution in [0.4, 0.5) is 0 Å². The molecule has 4 aromatic carbocycles. The first-order chi connectivity index (χ1) is 11.8. The Kier molecular flexibility index (Phi) is 3.11. The van der Waals surface area contributed by atoms with Crippen molar-refractivity contribution in [2.75, 3.05) is 0 Å². The van der Waals surface area contributed by atoms with Gasteiger partial charge in [-0.3, -0.25) is 0 Å². The maximum absolute atomic E-state index is 3.84. The molecular formula is C23H15Br. The number of fused-ring (bicyclic) bond motifs is 3. The lowest BCUT2D eigenvalue weighted by molar-refractivity contribution is 1.31. The number of allylic oxidation sites excluding steroid dienone is 1. The first-order valence-electron chi connectivity index (χ1n) is 8.22. The smallest absolute Gasteiger partial charge is 0.0332 e. The van der Waals surface area contributed by atoms with E-state index in [1.165, 1.54) is 48.3 Å². The first kappa shape index (κ1) is 14.0. The third-order valence-electron chi connectivity index (χ3n) is 4.97. The van der Waals surface area contributed by atoms with Gasteiger partial charge in [0, 0.05) is 4.47 Å². The van der Waals surface area contributed by atoms with Crippen molar-refractivity contribution in [1.29, 1.82) is 0 Å². The van der Waals surface area contributed by atoms with Gasteiger partial charge in [-0.25, -0.2) is 0 Å². The van der Waals surface area contributed by atoms with E-state index < -0.39 is 0 Å². The predicted octanol–water partition coefficient (Wildman–Crippen LogP) is 6.74. The van der Waals surface area contributed by atoms with Crippen LogP contribution in [0.1, 0.15) is 16.7 Å². The van der Waals surface area contributed by atoms with E-state index in [-0.39, 0.29) is 0 Å². The summed E-state index contributed by atoms with van der Waals surface area (Å²) in [6.45, 7) is 0. The van der Waals surface area contributed by atoms with E-state index in [9.17, 15) is 0 Å². The Morgan fingerprint density at radius 2 is 1.17 bits per heavy atom. The zero-order valence-corrected chi connectivity index (χ0v) is 14.7. The van der Waals surface area contributed by atoms with Crippen molar-refractivity contribution >= 4 is 43.0 Å². The Morgan fingerprint density at radius 3 is 1.83 bits per heavy atom. The van der Waals surface area contributed by atoms with Crippen molar-refractivity contribution in [3.8, 4) is 0 Å². The summed E-state index contributed by atoms with van der Waals surface area (Å²) in [5.41, 5.74) is 5.51. The molecule has 114 valence electrons. The molecule has 0 aromatic heterocycles. The molecule has 0 nitrogen and oxygen atoms in total. The number of hydrogen-bond donors (Lipinski definition) is 0. The standard InChI is InChI=1S/C23H15Br/c24-23-20-11-5-3-9-17(20)22(18-10-4-6-12-21(18)23)19-14-13-15-7-1-2-8-16(15)19/h1-12,14H,13H2. The van der Waals surface area contributed by atoms with Crippen LogP contribution in [-0.4, -0.2) is 0 Å². The van der Waals surface area contributed by atoms with Crippen LogP contribution < -0.4 is 0 Å². The van der Waals surface area contributed by atoms with Crippen LogP contribution in [0.3, 0.4) is 0 Å². The van der Waals surface area contributed by atoms with Gasteiger partial charge >= 0.3 is 0 Å². The van der Waals surface area contributed by atoms with Gasteiger partial charge in [0.05, 0.1) is 0 Å². The first-order valence-corrected chi connectivity index (χ1v) is 9.01. The largest absolute Gasteiger partial charge is 0.0716 e. The Bertz CT molecular complexity index is 1080. The van der Waals surface area contributed by atoms with E-state index in [1.807, 2.05) is 0 Å². The molecule has 5 rings (SSSR count). The Morgan fingerprint density at radius 1 is 0.625 bits per heavy atom. The lowest BCUT2D eigenvalue weighted by atomic mass is 9.89. The molecule has 24 heavy (non-hydrogen) atoms. The van der Waals surface area contributed by atoms with Gasteiger partial charge < -0.3 is 0 Å². The van der Waals surface area contributed by atoms with Crippen molar-refractivity contribution in [2.24, 2.45) is 0 Å². The highest BCUT2D eigenvalue weighted by Crippen LogP contribution is 2.43. The van der Waals surface area contributed by atoms with Crippen LogP contribution in [-0.2, 0) is 6.42 Å². The summed E-state index contributed by atoms with van der Waals surface area (Å²) < 4.78 is 1.18. The molecule has 0 fully saturated rings. The minimum atomic E-state index is 1.02. The summed E-state index contributed by atoms with van der Waals surface area (Å²) in [5, 5.41) is 5.17. The fraction of sp³-hybridized carbons (Fsp3) is 0.0435. The third kappa shape index (κ3) is 1.91. The highest BCUT2D eigenvalue weighted by Gasteiger charge is 2.20. The van der Waals surface area contributed by atoms with E-state index in [0.29, 0.717) is 0 Å². The van der Waals surface area contributed by atoms with Crippen LogP contribution in [0.2, 0.25) is 0 Å². The highest BCUT2D eigenvalue weighted by molar-refractivity contribution is 9.10. The highest BCUT2D eigenvalue weighted by atomic mass is 79.9. The Hall–Kier alpha value is -2.38. The maximum atomic E-state index is 3.84. The van der Waals surface area contributed by atoms with Crippen molar-refractivity contribution in [2.45, 2.75) is 6.42 Å². The zero-order chi connectivity index (χ0) is 16.1. The number of rotatable bonds is 1. The molecule has 1 heteroatoms. The molecule has 0 unspecified atom stereocenters. The summed E-state index contributed by atoms with van der Waals surface area (Å²) in [4.78, 5) is 0. The summed E-state index contributed by atoms with van der Waals surface area (Å²) in [5.74, 6) is 0. The molecule has 0 bridgehead atoms. The van der Waals surface area contributed by atoms with Crippen LogP contribution in [0.5, 0.6) is 0 Å². The topological polar surface area (TPSA) is 0 Å². The molecule has 0 heterocycles. The monoisotopic (exact) mass is 370 g/mol. The molecule has 0 saturated carbocycles. The van der Waals surface area contributed by atoms with Crippen LogP contribution >= 0.6 is 15.9 Å². The SMILES string of the molecule is Brc1c2ccccc2c(C2=CCc3ccccc32)c2ccccc12. The van der Waals surface area contributed by atoms with E-state index in [1.54, 1.807) is 0 Å². The second-order valence-electron chi connectivity index (χ2n) is 6.26. The van der Waals surface area contributed by atoms with Gasteiger partial charge in [-0.1, -0.05) is 78.9 Å². The molecule has 0 spiro atoms. The number of benzene rings is 4. The normalized spacial score (nSPS) is 13.3. The quantitative estimate of drug-likeness (QED) is 0.325. The second kappa shape index (κ2) is 5.32. The van der Waals surface area contributed by atoms with Crippen LogP contribution in [0, 0.1) is 0 Å². The average molecular weight is 371 g/mol. The van der Waals surface area contributed by atoms with E-state index in [0.717, 1.165) is 6.42 Å². The van der Waals surface area contributed by atoms with Crippen molar-refractivity contribution in [3.05, 3.63) is 100 Å². The molecule has 0 N–H and O–H groups in total. The second-order valence-corrected chi connectivity index (χ2v) is 7.05. The Balaban J connectivity index is 1.96. The summed E-state index contributed by atoms with van der Waals surface area (Å²) in [6, 6.07) is 26.1. The predicted molar refractivity (Wildman–Crippen MR) is 106 cm³/mol. The van der Waals surface area contributed by atoms with Gasteiger partial charge in [0.15, 0.2) is 0 Å². The molecule has 1 aliphatic carbocycles. The van der Waals surface area contributed by atoms with Crippen molar-refractivity contribution in [1.82, 2.24) is 0 Å². The van der Waals surface area contributed by atoms with Crippen LogP contribution in [0.15, 0.2) is 83.3 Å². The van der Waals surface area contributed by atoms with Gasteiger partial charge in [0.25, 0.3) is 0 Å². The van der Waals surface area contributed by atoms with Gasteiger partial charge in [0.2, 0.25) is 0 Å². The van der Waals surface area contributed by atoms with Gasteiger partial charge in [0.1, 0.15) is 0 Å². The number of hydrogen-bond acceptors (Lipinski definition) is 0. The lowest BCUT2D eigenvalue weighted by Gasteiger charge is -2.16. The van der Waals surface area contributed by atoms with Gasteiger partial charge in [-0.05, 0) is 66.2 Å². The third-order valence-corrected chi connectivity index (χ3v) is 5.82. The minimum Gasteiger partial charge on any atom is -0.0716 e. The average Bonchev–Trinajstić information content (AvgIpc) is 3.06. The lowest BCUT2D eigenvalue weighted by Crippen LogP contribution is -1.92. The molecule has 0 saturated heterocycles. The minimum absolute atomic E-state index is 1.02. The van der Waals surface area contributed by atoms with E-state index >= 15 is 0 Å². The molecular weight excluding hydrogens is 356 g/mol. The molecule has 0 radical (unpaired) electrons. The molecule has 4 aromatic rings. The molecule has 0 amide bonds. The van der Waals surface area contributed by atoms with E-state index in [4.69, 9.17) is 0 Å². The zero-order valence-electron chi connectivity index (χ0n) is 13.1. The summed E-state index contributed by atoms with van der Waals surface area (Å²) >= 11 is 3.84. The Labute approximate surface area is 149 Å². The van der Waals surface area contributed by atoms with Crippen molar-refractivity contribution < 1.29 is 0 Å². The molecule has 1 aliphatic rings. The fourth-order valence-corrected chi connectivity index (χ4v) is 4.58. The van der Waals surface area contributed by atoms with Crippen molar-refractivity contribution in [3.63, 3.8) is 0 Å².